The number of hydrogen-bond donors (Lipinski definition) is 1. The quantitative estimate of drug-likeness (QED) is 0.291. The van der Waals surface area contributed by atoms with Gasteiger partial charge in [-0.2, -0.15) is 5.10 Å². The number of halogens is 1. The zero-order valence-corrected chi connectivity index (χ0v) is 18.3. The van der Waals surface area contributed by atoms with Crippen molar-refractivity contribution in [1.82, 2.24) is 9.78 Å². The Balaban J connectivity index is 1.37. The molecule has 0 fully saturated rings. The highest BCUT2D eigenvalue weighted by molar-refractivity contribution is 6.03. The molecular formula is C25H21FN4O4. The third-order valence-corrected chi connectivity index (χ3v) is 5.13. The minimum atomic E-state index is -0.440. The van der Waals surface area contributed by atoms with Gasteiger partial charge in [0.25, 0.3) is 11.6 Å². The fourth-order valence-corrected chi connectivity index (χ4v) is 3.40. The van der Waals surface area contributed by atoms with Crippen LogP contribution in [0.5, 0.6) is 5.75 Å². The van der Waals surface area contributed by atoms with Crippen LogP contribution in [0.15, 0.2) is 79.0 Å². The van der Waals surface area contributed by atoms with Crippen LogP contribution in [0.1, 0.15) is 27.0 Å². The van der Waals surface area contributed by atoms with Crippen molar-refractivity contribution in [3.8, 4) is 5.75 Å². The maximum Gasteiger partial charge on any atom is 0.272 e. The molecule has 0 unspecified atom stereocenters. The van der Waals surface area contributed by atoms with Crippen molar-refractivity contribution in [2.75, 3.05) is 5.32 Å². The molecule has 0 bridgehead atoms. The van der Waals surface area contributed by atoms with Gasteiger partial charge >= 0.3 is 0 Å². The molecule has 3 aromatic carbocycles. The molecule has 0 aliphatic rings. The van der Waals surface area contributed by atoms with E-state index in [-0.39, 0.29) is 30.6 Å². The number of hydrogen-bond acceptors (Lipinski definition) is 5. The van der Waals surface area contributed by atoms with E-state index < -0.39 is 4.92 Å². The summed E-state index contributed by atoms with van der Waals surface area (Å²) in [5.74, 6) is 0.193. The van der Waals surface area contributed by atoms with Crippen LogP contribution >= 0.6 is 0 Å². The molecule has 34 heavy (non-hydrogen) atoms. The molecule has 1 N–H and O–H groups in total. The maximum atomic E-state index is 13.8. The summed E-state index contributed by atoms with van der Waals surface area (Å²) in [5.41, 5.74) is 2.21. The number of rotatable bonds is 8. The number of nitro groups is 1. The fraction of sp³-hybridized carbons (Fsp3) is 0.120. The molecule has 0 aliphatic carbocycles. The molecule has 0 radical (unpaired) electrons. The molecule has 172 valence electrons. The normalized spacial score (nSPS) is 10.6. The zero-order valence-electron chi connectivity index (χ0n) is 18.3. The van der Waals surface area contributed by atoms with E-state index in [0.717, 1.165) is 5.56 Å². The summed E-state index contributed by atoms with van der Waals surface area (Å²) in [6.07, 6.45) is 1.67. The highest BCUT2D eigenvalue weighted by Crippen LogP contribution is 2.24. The smallest absolute Gasteiger partial charge is 0.272 e. The van der Waals surface area contributed by atoms with E-state index >= 15 is 0 Å². The van der Waals surface area contributed by atoms with Gasteiger partial charge in [-0.1, -0.05) is 30.3 Å². The molecule has 0 saturated heterocycles. The van der Waals surface area contributed by atoms with Gasteiger partial charge in [-0.15, -0.1) is 0 Å². The van der Waals surface area contributed by atoms with Crippen molar-refractivity contribution in [2.24, 2.45) is 0 Å². The number of amides is 1. The van der Waals surface area contributed by atoms with Crippen LogP contribution < -0.4 is 10.1 Å². The lowest BCUT2D eigenvalue weighted by Crippen LogP contribution is -2.13. The van der Waals surface area contributed by atoms with Crippen molar-refractivity contribution in [2.45, 2.75) is 20.1 Å². The van der Waals surface area contributed by atoms with E-state index in [0.29, 0.717) is 28.3 Å². The van der Waals surface area contributed by atoms with Gasteiger partial charge in [0, 0.05) is 35.0 Å². The number of ether oxygens (including phenoxy) is 1. The monoisotopic (exact) mass is 460 g/mol. The van der Waals surface area contributed by atoms with Gasteiger partial charge in [-0.25, -0.2) is 4.39 Å². The minimum Gasteiger partial charge on any atom is -0.489 e. The number of nitro benzene ring substituents is 1. The second kappa shape index (κ2) is 9.95. The number of nitrogens with one attached hydrogen (secondary N) is 1. The number of benzene rings is 3. The number of anilines is 1. The third-order valence-electron chi connectivity index (χ3n) is 5.13. The summed E-state index contributed by atoms with van der Waals surface area (Å²) < 4.78 is 21.1. The fourth-order valence-electron chi connectivity index (χ4n) is 3.40. The Kier molecular flexibility index (Phi) is 6.63. The summed E-state index contributed by atoms with van der Waals surface area (Å²) in [6.45, 7) is 2.08. The average Bonchev–Trinajstić information content (AvgIpc) is 3.26. The lowest BCUT2D eigenvalue weighted by atomic mass is 10.1. The van der Waals surface area contributed by atoms with Crippen molar-refractivity contribution in [1.29, 1.82) is 0 Å². The van der Waals surface area contributed by atoms with Crippen molar-refractivity contribution in [3.05, 3.63) is 117 Å². The number of nitrogens with zero attached hydrogens (tertiary/aromatic N) is 3. The Morgan fingerprint density at radius 1 is 1.12 bits per heavy atom. The lowest BCUT2D eigenvalue weighted by molar-refractivity contribution is -0.385. The molecule has 8 nitrogen and oxygen atoms in total. The van der Waals surface area contributed by atoms with Crippen LogP contribution in [-0.4, -0.2) is 20.6 Å². The first-order valence-electron chi connectivity index (χ1n) is 10.4. The number of aromatic nitrogens is 2. The second-order valence-corrected chi connectivity index (χ2v) is 7.64. The molecule has 4 aromatic rings. The van der Waals surface area contributed by atoms with Gasteiger partial charge in [-0.3, -0.25) is 19.6 Å². The van der Waals surface area contributed by atoms with E-state index in [1.165, 1.54) is 12.1 Å². The highest BCUT2D eigenvalue weighted by atomic mass is 19.1. The first-order valence-corrected chi connectivity index (χ1v) is 10.4. The predicted molar refractivity (Wildman–Crippen MR) is 124 cm³/mol. The molecule has 0 atom stereocenters. The van der Waals surface area contributed by atoms with Gasteiger partial charge in [0.05, 0.1) is 11.5 Å². The van der Waals surface area contributed by atoms with Gasteiger partial charge in [-0.05, 0) is 42.8 Å². The molecule has 1 amide bonds. The summed E-state index contributed by atoms with van der Waals surface area (Å²) in [6, 6.07) is 19.6. The van der Waals surface area contributed by atoms with Gasteiger partial charge in [0.1, 0.15) is 18.2 Å². The Morgan fingerprint density at radius 2 is 1.94 bits per heavy atom. The molecule has 0 aliphatic heterocycles. The molecule has 9 heteroatoms. The van der Waals surface area contributed by atoms with Crippen LogP contribution in [0.4, 0.5) is 15.9 Å². The van der Waals surface area contributed by atoms with E-state index in [4.69, 9.17) is 4.74 Å². The highest BCUT2D eigenvalue weighted by Gasteiger charge is 2.12. The van der Waals surface area contributed by atoms with Crippen LogP contribution in [-0.2, 0) is 13.2 Å². The minimum absolute atomic E-state index is 0.0300. The topological polar surface area (TPSA) is 99.3 Å². The molecule has 4 rings (SSSR count). The molecular weight excluding hydrogens is 439 g/mol. The van der Waals surface area contributed by atoms with Crippen molar-refractivity contribution < 1.29 is 18.8 Å². The van der Waals surface area contributed by atoms with Crippen LogP contribution in [0.3, 0.4) is 0 Å². The predicted octanol–water partition coefficient (Wildman–Crippen LogP) is 5.12. The average molecular weight is 460 g/mol. The van der Waals surface area contributed by atoms with Gasteiger partial charge in [0.2, 0.25) is 0 Å². The largest absolute Gasteiger partial charge is 0.489 e. The van der Waals surface area contributed by atoms with E-state index in [9.17, 15) is 19.3 Å². The van der Waals surface area contributed by atoms with Crippen molar-refractivity contribution >= 4 is 17.4 Å². The number of aryl methyl sites for hydroxylation is 1. The molecule has 0 saturated carbocycles. The van der Waals surface area contributed by atoms with Crippen LogP contribution in [0.25, 0.3) is 0 Å². The van der Waals surface area contributed by atoms with Gasteiger partial charge < -0.3 is 10.1 Å². The third kappa shape index (κ3) is 5.44. The Morgan fingerprint density at radius 3 is 2.71 bits per heavy atom. The first-order chi connectivity index (χ1) is 16.4. The molecule has 1 heterocycles. The van der Waals surface area contributed by atoms with Gasteiger partial charge in [0.15, 0.2) is 5.82 Å². The Labute approximate surface area is 194 Å². The SMILES string of the molecule is Cc1cc(OCc2cccc(C(=O)Nc3ccn(Cc4ccccc4F)n3)c2)ccc1[N+](=O)[O-]. The Hall–Kier alpha value is -4.53. The van der Waals surface area contributed by atoms with E-state index in [1.54, 1.807) is 72.4 Å². The van der Waals surface area contributed by atoms with E-state index in [1.807, 2.05) is 6.07 Å². The summed E-state index contributed by atoms with van der Waals surface area (Å²) in [4.78, 5) is 23.2. The maximum absolute atomic E-state index is 13.8. The molecule has 0 spiro atoms. The second-order valence-electron chi connectivity index (χ2n) is 7.64. The summed E-state index contributed by atoms with van der Waals surface area (Å²) in [5, 5.41) is 18.0. The van der Waals surface area contributed by atoms with Crippen molar-refractivity contribution in [3.63, 3.8) is 0 Å². The van der Waals surface area contributed by atoms with E-state index in [2.05, 4.69) is 10.4 Å². The lowest BCUT2D eigenvalue weighted by Gasteiger charge is -2.09. The standard InChI is InChI=1S/C25H21FN4O4/c1-17-13-21(9-10-23(17)30(32)33)34-16-18-5-4-7-19(14-18)25(31)27-24-11-12-29(28-24)15-20-6-2-3-8-22(20)26/h2-14H,15-16H2,1H3,(H,27,28,31). The molecule has 1 aromatic heterocycles. The number of carbonyl (C=O) groups is 1. The van der Waals surface area contributed by atoms with Crippen LogP contribution in [0.2, 0.25) is 0 Å². The number of carbonyl (C=O) groups excluding carboxylic acids is 1. The summed E-state index contributed by atoms with van der Waals surface area (Å²) >= 11 is 0. The van der Waals surface area contributed by atoms with Crippen LogP contribution in [0, 0.1) is 22.9 Å². The Bertz CT molecular complexity index is 1350. The summed E-state index contributed by atoms with van der Waals surface area (Å²) in [7, 11) is 0. The first kappa shape index (κ1) is 22.7. The zero-order chi connectivity index (χ0) is 24.1.